The lowest BCUT2D eigenvalue weighted by atomic mass is 9.93. The molecule has 1 N–H and O–H groups in total. The first-order chi connectivity index (χ1) is 15.9. The number of aliphatic hydroxyl groups is 1. The maximum atomic E-state index is 13.2. The van der Waals surface area contributed by atoms with Gasteiger partial charge in [-0.2, -0.15) is 0 Å². The molecule has 0 radical (unpaired) electrons. The number of morpholine rings is 1. The first kappa shape index (κ1) is 23.7. The highest BCUT2D eigenvalue weighted by Gasteiger charge is 2.46. The summed E-state index contributed by atoms with van der Waals surface area (Å²) < 4.78 is 6.26. The number of ether oxygens (including phenoxy) is 1. The van der Waals surface area contributed by atoms with Crippen molar-refractivity contribution >= 4 is 33.4 Å². The largest absolute Gasteiger partial charge is 0.507 e. The molecule has 2 aliphatic rings. The van der Waals surface area contributed by atoms with Crippen LogP contribution in [0.15, 0.2) is 52.5 Å². The summed E-state index contributed by atoms with van der Waals surface area (Å²) >= 11 is 3.50. The highest BCUT2D eigenvalue weighted by Crippen LogP contribution is 2.40. The topological polar surface area (TPSA) is 70.1 Å². The molecule has 0 aromatic heterocycles. The lowest BCUT2D eigenvalue weighted by Crippen LogP contribution is -2.38. The molecule has 0 saturated carbocycles. The molecule has 2 fully saturated rings. The lowest BCUT2D eigenvalue weighted by molar-refractivity contribution is -0.140. The second-order valence-electron chi connectivity index (χ2n) is 8.67. The minimum Gasteiger partial charge on any atom is -0.507 e. The maximum absolute atomic E-state index is 13.2. The van der Waals surface area contributed by atoms with Crippen molar-refractivity contribution in [2.24, 2.45) is 0 Å². The minimum atomic E-state index is -0.634. The zero-order valence-electron chi connectivity index (χ0n) is 19.0. The van der Waals surface area contributed by atoms with Crippen LogP contribution in [0.25, 0.3) is 5.76 Å². The van der Waals surface area contributed by atoms with Crippen molar-refractivity contribution in [3.05, 3.63) is 74.8 Å². The van der Waals surface area contributed by atoms with E-state index in [9.17, 15) is 14.7 Å². The number of ketones is 1. The fourth-order valence-electron chi connectivity index (χ4n) is 4.56. The quantitative estimate of drug-likeness (QED) is 0.356. The number of aliphatic hydroxyl groups excluding tert-OH is 1. The highest BCUT2D eigenvalue weighted by atomic mass is 79.9. The minimum absolute atomic E-state index is 0.116. The number of amides is 1. The number of benzene rings is 2. The Kier molecular flexibility index (Phi) is 7.32. The van der Waals surface area contributed by atoms with Gasteiger partial charge in [-0.05, 0) is 49.6 Å². The molecule has 33 heavy (non-hydrogen) atoms. The third kappa shape index (κ3) is 5.05. The summed E-state index contributed by atoms with van der Waals surface area (Å²) in [6, 6.07) is 12.7. The Morgan fingerprint density at radius 2 is 1.85 bits per heavy atom. The number of nitrogens with zero attached hydrogens (tertiary/aromatic N) is 2. The molecule has 174 valence electrons. The summed E-state index contributed by atoms with van der Waals surface area (Å²) in [5, 5.41) is 11.3. The normalized spacial score (nSPS) is 21.1. The van der Waals surface area contributed by atoms with Gasteiger partial charge in [0.1, 0.15) is 5.76 Å². The molecule has 1 atom stereocenters. The SMILES string of the molecule is Cc1ccc(C)c(C(O)=C2C(=O)C(=O)N(CCCN3CCOCC3)C2c2cccc(Br)c2)c1. The zero-order valence-corrected chi connectivity index (χ0v) is 20.6. The molecule has 1 amide bonds. The van der Waals surface area contributed by atoms with Crippen LogP contribution in [0.2, 0.25) is 0 Å². The van der Waals surface area contributed by atoms with Gasteiger partial charge in [-0.25, -0.2) is 0 Å². The van der Waals surface area contributed by atoms with E-state index in [0.717, 1.165) is 60.4 Å². The molecule has 2 heterocycles. The molecule has 7 heteroatoms. The van der Waals surface area contributed by atoms with Crippen molar-refractivity contribution in [3.8, 4) is 0 Å². The maximum Gasteiger partial charge on any atom is 0.295 e. The van der Waals surface area contributed by atoms with Crippen LogP contribution in [-0.4, -0.2) is 66.0 Å². The van der Waals surface area contributed by atoms with Crippen LogP contribution >= 0.6 is 15.9 Å². The summed E-state index contributed by atoms with van der Waals surface area (Å²) in [5.74, 6) is -1.31. The lowest BCUT2D eigenvalue weighted by Gasteiger charge is -2.29. The zero-order chi connectivity index (χ0) is 23.5. The number of carbonyl (C=O) groups is 2. The number of hydrogen-bond acceptors (Lipinski definition) is 5. The first-order valence-electron chi connectivity index (χ1n) is 11.3. The number of hydrogen-bond donors (Lipinski definition) is 1. The Bertz CT molecular complexity index is 1090. The molecule has 0 aliphatic carbocycles. The van der Waals surface area contributed by atoms with Crippen molar-refractivity contribution < 1.29 is 19.4 Å². The van der Waals surface area contributed by atoms with Gasteiger partial charge in [0.15, 0.2) is 0 Å². The van der Waals surface area contributed by atoms with Crippen LogP contribution in [0.1, 0.15) is 34.7 Å². The second kappa shape index (κ2) is 10.2. The fraction of sp³-hybridized carbons (Fsp3) is 0.385. The number of carbonyl (C=O) groups excluding carboxylic acids is 2. The Balaban J connectivity index is 1.71. The van der Waals surface area contributed by atoms with Crippen LogP contribution < -0.4 is 0 Å². The van der Waals surface area contributed by atoms with Gasteiger partial charge in [0.2, 0.25) is 0 Å². The van der Waals surface area contributed by atoms with Crippen molar-refractivity contribution in [2.45, 2.75) is 26.3 Å². The van der Waals surface area contributed by atoms with E-state index in [1.165, 1.54) is 0 Å². The summed E-state index contributed by atoms with van der Waals surface area (Å²) in [5.41, 5.74) is 3.35. The van der Waals surface area contributed by atoms with Gasteiger partial charge in [-0.3, -0.25) is 14.5 Å². The predicted octanol–water partition coefficient (Wildman–Crippen LogP) is 4.21. The first-order valence-corrected chi connectivity index (χ1v) is 12.1. The molecule has 1 unspecified atom stereocenters. The van der Waals surface area contributed by atoms with Gasteiger partial charge in [0, 0.05) is 36.2 Å². The van der Waals surface area contributed by atoms with E-state index >= 15 is 0 Å². The molecular weight excluding hydrogens is 484 g/mol. The summed E-state index contributed by atoms with van der Waals surface area (Å²) in [6.07, 6.45) is 0.737. The van der Waals surface area contributed by atoms with Gasteiger partial charge in [-0.1, -0.05) is 45.8 Å². The third-order valence-corrected chi connectivity index (χ3v) is 6.82. The van der Waals surface area contributed by atoms with Crippen molar-refractivity contribution in [3.63, 3.8) is 0 Å². The molecule has 0 bridgehead atoms. The smallest absolute Gasteiger partial charge is 0.295 e. The third-order valence-electron chi connectivity index (χ3n) is 6.33. The van der Waals surface area contributed by atoms with Crippen LogP contribution in [0.3, 0.4) is 0 Å². The Hall–Kier alpha value is -2.48. The summed E-state index contributed by atoms with van der Waals surface area (Å²) in [6.45, 7) is 8.28. The van der Waals surface area contributed by atoms with Crippen molar-refractivity contribution in [1.82, 2.24) is 9.80 Å². The molecule has 6 nitrogen and oxygen atoms in total. The van der Waals surface area contributed by atoms with Crippen LogP contribution in [-0.2, 0) is 14.3 Å². The van der Waals surface area contributed by atoms with Gasteiger partial charge in [-0.15, -0.1) is 0 Å². The molecule has 2 aromatic rings. The average Bonchev–Trinajstić information content (AvgIpc) is 3.06. The Morgan fingerprint density at radius 1 is 1.09 bits per heavy atom. The Morgan fingerprint density at radius 3 is 2.58 bits per heavy atom. The molecular formula is C26H29BrN2O4. The van der Waals surface area contributed by atoms with E-state index in [1.54, 1.807) is 4.90 Å². The number of halogens is 1. The monoisotopic (exact) mass is 512 g/mol. The van der Waals surface area contributed by atoms with Gasteiger partial charge < -0.3 is 14.7 Å². The molecule has 2 saturated heterocycles. The van der Waals surface area contributed by atoms with E-state index in [2.05, 4.69) is 20.8 Å². The van der Waals surface area contributed by atoms with Crippen molar-refractivity contribution in [2.75, 3.05) is 39.4 Å². The molecule has 2 aliphatic heterocycles. The molecule has 0 spiro atoms. The van der Waals surface area contributed by atoms with E-state index in [4.69, 9.17) is 4.74 Å². The summed E-state index contributed by atoms with van der Waals surface area (Å²) in [4.78, 5) is 30.3. The second-order valence-corrected chi connectivity index (χ2v) is 9.59. The number of rotatable bonds is 6. The van der Waals surface area contributed by atoms with Crippen LogP contribution in [0, 0.1) is 13.8 Å². The van der Waals surface area contributed by atoms with Gasteiger partial charge in [0.25, 0.3) is 11.7 Å². The van der Waals surface area contributed by atoms with E-state index < -0.39 is 17.7 Å². The Labute approximate surface area is 203 Å². The van der Waals surface area contributed by atoms with Gasteiger partial charge in [0.05, 0.1) is 24.8 Å². The number of Topliss-reactive ketones (excluding diaryl/α,β-unsaturated/α-hetero) is 1. The van der Waals surface area contributed by atoms with Gasteiger partial charge >= 0.3 is 0 Å². The molecule has 4 rings (SSSR count). The van der Waals surface area contributed by atoms with Crippen molar-refractivity contribution in [1.29, 1.82) is 0 Å². The van der Waals surface area contributed by atoms with E-state index in [0.29, 0.717) is 12.1 Å². The predicted molar refractivity (Wildman–Crippen MR) is 131 cm³/mol. The van der Waals surface area contributed by atoms with E-state index in [-0.39, 0.29) is 11.3 Å². The number of aryl methyl sites for hydroxylation is 2. The van der Waals surface area contributed by atoms with Crippen LogP contribution in [0.4, 0.5) is 0 Å². The number of likely N-dealkylation sites (tertiary alicyclic amines) is 1. The average molecular weight is 513 g/mol. The fourth-order valence-corrected chi connectivity index (χ4v) is 4.98. The summed E-state index contributed by atoms with van der Waals surface area (Å²) in [7, 11) is 0. The standard InChI is InChI=1S/C26H29BrN2O4/c1-17-7-8-18(2)21(15-17)24(30)22-23(19-5-3-6-20(27)16-19)29(26(32)25(22)31)10-4-9-28-11-13-33-14-12-28/h3,5-8,15-16,23,30H,4,9-14H2,1-2H3. The highest BCUT2D eigenvalue weighted by molar-refractivity contribution is 9.10. The van der Waals surface area contributed by atoms with E-state index in [1.807, 2.05) is 56.3 Å². The van der Waals surface area contributed by atoms with Crippen LogP contribution in [0.5, 0.6) is 0 Å². The molecule has 2 aromatic carbocycles.